The second kappa shape index (κ2) is 9.35. The van der Waals surface area contributed by atoms with Gasteiger partial charge >= 0.3 is 0 Å². The number of carbonyl (C=O) groups is 2. The van der Waals surface area contributed by atoms with E-state index in [0.29, 0.717) is 11.3 Å². The minimum Gasteiger partial charge on any atom is -0.507 e. The van der Waals surface area contributed by atoms with Gasteiger partial charge in [0.05, 0.1) is 11.6 Å². The molecule has 1 atom stereocenters. The van der Waals surface area contributed by atoms with Crippen LogP contribution in [0.2, 0.25) is 0 Å². The highest BCUT2D eigenvalue weighted by Gasteiger charge is 2.47. The summed E-state index contributed by atoms with van der Waals surface area (Å²) < 4.78 is 0. The van der Waals surface area contributed by atoms with Gasteiger partial charge in [0.1, 0.15) is 5.76 Å². The van der Waals surface area contributed by atoms with Crippen LogP contribution in [0.25, 0.3) is 5.76 Å². The molecule has 0 bridgehead atoms. The number of pyridine rings is 1. The number of aliphatic hydroxyl groups is 1. The Kier molecular flexibility index (Phi) is 6.09. The molecule has 0 radical (unpaired) electrons. The van der Waals surface area contributed by atoms with Crippen LogP contribution in [-0.4, -0.2) is 59.9 Å². The lowest BCUT2D eigenvalue weighted by atomic mass is 9.94. The van der Waals surface area contributed by atoms with Gasteiger partial charge in [-0.2, -0.15) is 0 Å². The first-order valence-corrected chi connectivity index (χ1v) is 11.8. The van der Waals surface area contributed by atoms with E-state index in [1.807, 2.05) is 55.5 Å². The molecule has 2 aliphatic rings. The fourth-order valence-corrected chi connectivity index (χ4v) is 4.81. The molecule has 0 aliphatic carbocycles. The van der Waals surface area contributed by atoms with Crippen LogP contribution in [0.1, 0.15) is 22.7 Å². The predicted octanol–water partition coefficient (Wildman–Crippen LogP) is 3.77. The first kappa shape index (κ1) is 22.8. The van der Waals surface area contributed by atoms with Crippen LogP contribution in [0.3, 0.4) is 0 Å². The van der Waals surface area contributed by atoms with E-state index in [1.54, 1.807) is 24.5 Å². The number of Topliss-reactive ketones (excluding diaryl/α,β-unsaturated/α-hetero) is 1. The molecule has 0 saturated carbocycles. The molecule has 1 amide bonds. The normalized spacial score (nSPS) is 20.5. The number of benzene rings is 2. The minimum absolute atomic E-state index is 0.0787. The Morgan fingerprint density at radius 2 is 1.57 bits per heavy atom. The van der Waals surface area contributed by atoms with Crippen molar-refractivity contribution in [2.75, 3.05) is 43.0 Å². The maximum absolute atomic E-state index is 13.3. The maximum Gasteiger partial charge on any atom is 0.300 e. The summed E-state index contributed by atoms with van der Waals surface area (Å²) >= 11 is 0. The van der Waals surface area contributed by atoms with E-state index in [2.05, 4.69) is 21.8 Å². The van der Waals surface area contributed by atoms with Crippen molar-refractivity contribution >= 4 is 28.8 Å². The number of aryl methyl sites for hydroxylation is 1. The minimum atomic E-state index is -0.738. The molecule has 7 nitrogen and oxygen atoms in total. The third-order valence-corrected chi connectivity index (χ3v) is 6.75. The summed E-state index contributed by atoms with van der Waals surface area (Å²) in [5.41, 5.74) is 3.99. The van der Waals surface area contributed by atoms with Gasteiger partial charge in [-0.05, 0) is 55.9 Å². The van der Waals surface area contributed by atoms with E-state index >= 15 is 0 Å². The van der Waals surface area contributed by atoms with E-state index in [-0.39, 0.29) is 11.3 Å². The van der Waals surface area contributed by atoms with Crippen molar-refractivity contribution in [1.29, 1.82) is 0 Å². The van der Waals surface area contributed by atoms with Crippen LogP contribution in [0.15, 0.2) is 78.6 Å². The van der Waals surface area contributed by atoms with Gasteiger partial charge in [-0.1, -0.05) is 29.8 Å². The van der Waals surface area contributed by atoms with Gasteiger partial charge in [-0.3, -0.25) is 19.5 Å². The quantitative estimate of drug-likeness (QED) is 0.357. The van der Waals surface area contributed by atoms with Crippen LogP contribution in [0, 0.1) is 6.92 Å². The summed E-state index contributed by atoms with van der Waals surface area (Å²) in [6, 6.07) is 18.0. The van der Waals surface area contributed by atoms with E-state index in [4.69, 9.17) is 0 Å². The van der Waals surface area contributed by atoms with Crippen LogP contribution in [-0.2, 0) is 9.59 Å². The molecule has 2 aromatic carbocycles. The molecule has 35 heavy (non-hydrogen) atoms. The highest BCUT2D eigenvalue weighted by atomic mass is 16.3. The predicted molar refractivity (Wildman–Crippen MR) is 136 cm³/mol. The highest BCUT2D eigenvalue weighted by molar-refractivity contribution is 6.51. The van der Waals surface area contributed by atoms with Crippen molar-refractivity contribution in [2.45, 2.75) is 13.0 Å². The van der Waals surface area contributed by atoms with E-state index in [9.17, 15) is 14.7 Å². The molecular formula is C28H28N4O3. The third kappa shape index (κ3) is 4.31. The zero-order valence-electron chi connectivity index (χ0n) is 19.9. The van der Waals surface area contributed by atoms with Gasteiger partial charge in [0.25, 0.3) is 11.7 Å². The highest BCUT2D eigenvalue weighted by Crippen LogP contribution is 2.42. The van der Waals surface area contributed by atoms with Crippen molar-refractivity contribution in [1.82, 2.24) is 9.88 Å². The maximum atomic E-state index is 13.3. The number of piperazine rings is 1. The van der Waals surface area contributed by atoms with Gasteiger partial charge in [0.15, 0.2) is 0 Å². The summed E-state index contributed by atoms with van der Waals surface area (Å²) in [6.45, 7) is 5.84. The van der Waals surface area contributed by atoms with Crippen molar-refractivity contribution in [3.63, 3.8) is 0 Å². The number of anilines is 2. The smallest absolute Gasteiger partial charge is 0.300 e. The Morgan fingerprint density at radius 3 is 2.23 bits per heavy atom. The summed E-state index contributed by atoms with van der Waals surface area (Å²) in [6.07, 6.45) is 3.09. The van der Waals surface area contributed by atoms with Crippen molar-refractivity contribution in [3.05, 3.63) is 95.3 Å². The number of nitrogens with zero attached hydrogens (tertiary/aromatic N) is 4. The molecular weight excluding hydrogens is 440 g/mol. The second-order valence-corrected chi connectivity index (χ2v) is 9.13. The lowest BCUT2D eigenvalue weighted by Crippen LogP contribution is -2.44. The lowest BCUT2D eigenvalue weighted by Gasteiger charge is -2.34. The summed E-state index contributed by atoms with van der Waals surface area (Å²) in [7, 11) is 2.12. The molecule has 5 rings (SSSR count). The molecule has 178 valence electrons. The second-order valence-electron chi connectivity index (χ2n) is 9.13. The summed E-state index contributed by atoms with van der Waals surface area (Å²) in [4.78, 5) is 36.7. The molecule has 1 aromatic heterocycles. The Morgan fingerprint density at radius 1 is 0.914 bits per heavy atom. The lowest BCUT2D eigenvalue weighted by molar-refractivity contribution is -0.132. The summed E-state index contributed by atoms with van der Waals surface area (Å²) in [5.74, 6) is -1.55. The van der Waals surface area contributed by atoms with E-state index < -0.39 is 17.7 Å². The Bertz CT molecular complexity index is 1280. The zero-order chi connectivity index (χ0) is 24.5. The number of aliphatic hydroxyl groups excluding tert-OH is 1. The molecule has 0 spiro atoms. The van der Waals surface area contributed by atoms with E-state index in [0.717, 1.165) is 43.0 Å². The molecule has 2 fully saturated rings. The fraction of sp³-hybridized carbons (Fsp3) is 0.250. The largest absolute Gasteiger partial charge is 0.507 e. The number of likely N-dealkylation sites (N-methyl/N-ethyl adjacent to an activating group) is 1. The molecule has 2 saturated heterocycles. The number of aromatic nitrogens is 1. The van der Waals surface area contributed by atoms with Crippen LogP contribution >= 0.6 is 0 Å². The van der Waals surface area contributed by atoms with Gasteiger partial charge in [0.2, 0.25) is 0 Å². The topological polar surface area (TPSA) is 77.0 Å². The van der Waals surface area contributed by atoms with Crippen molar-refractivity contribution in [2.24, 2.45) is 0 Å². The molecule has 1 N–H and O–H groups in total. The third-order valence-electron chi connectivity index (χ3n) is 6.75. The number of amides is 1. The summed E-state index contributed by atoms with van der Waals surface area (Å²) in [5, 5.41) is 11.2. The van der Waals surface area contributed by atoms with Gasteiger partial charge in [-0.25, -0.2) is 0 Å². The van der Waals surface area contributed by atoms with Crippen LogP contribution in [0.4, 0.5) is 11.4 Å². The molecule has 7 heteroatoms. The standard InChI is InChI=1S/C28H28N4O3/c1-19-4-3-5-21(18-19)25-24(26(33)20-10-12-29-13-11-20)27(34)28(35)32(25)23-8-6-22(7-9-23)31-16-14-30(2)15-17-31/h3-13,18,25,33H,14-17H2,1-2H3/b26-24+. The SMILES string of the molecule is Cc1cccc(C2/C(=C(\O)c3ccncc3)C(=O)C(=O)N2c2ccc(N3CCN(C)CC3)cc2)c1. The zero-order valence-corrected chi connectivity index (χ0v) is 19.9. The molecule has 1 unspecified atom stereocenters. The first-order valence-electron chi connectivity index (χ1n) is 11.8. The van der Waals surface area contributed by atoms with E-state index in [1.165, 1.54) is 4.90 Å². The molecule has 3 heterocycles. The van der Waals surface area contributed by atoms with Gasteiger partial charge < -0.3 is 14.9 Å². The Balaban J connectivity index is 1.58. The Hall–Kier alpha value is -3.97. The average Bonchev–Trinajstić information content (AvgIpc) is 3.15. The monoisotopic (exact) mass is 468 g/mol. The number of carbonyl (C=O) groups excluding carboxylic acids is 2. The number of hydrogen-bond donors (Lipinski definition) is 1. The fourth-order valence-electron chi connectivity index (χ4n) is 4.81. The van der Waals surface area contributed by atoms with Crippen LogP contribution < -0.4 is 9.80 Å². The first-order chi connectivity index (χ1) is 16.9. The van der Waals surface area contributed by atoms with Crippen LogP contribution in [0.5, 0.6) is 0 Å². The van der Waals surface area contributed by atoms with Crippen molar-refractivity contribution < 1.29 is 14.7 Å². The molecule has 2 aliphatic heterocycles. The Labute approximate surface area is 204 Å². The number of rotatable bonds is 4. The van der Waals surface area contributed by atoms with Crippen molar-refractivity contribution in [3.8, 4) is 0 Å². The number of ketones is 1. The van der Waals surface area contributed by atoms with Gasteiger partial charge in [0, 0.05) is 55.5 Å². The molecule has 3 aromatic rings. The average molecular weight is 469 g/mol. The van der Waals surface area contributed by atoms with Gasteiger partial charge in [-0.15, -0.1) is 0 Å². The number of hydrogen-bond acceptors (Lipinski definition) is 6.